The molecule has 1 aliphatic heterocycles. The number of H-pyrrole nitrogens is 1. The smallest absolute Gasteiger partial charge is 0.251 e. The lowest BCUT2D eigenvalue weighted by Gasteiger charge is -2.48. The number of hydrogen-bond donors (Lipinski definition) is 2. The molecule has 1 saturated heterocycles. The number of aromatic nitrogens is 1. The fourth-order valence-electron chi connectivity index (χ4n) is 4.80. The second-order valence-corrected chi connectivity index (χ2v) is 8.20. The number of benzene rings is 1. The fourth-order valence-corrected chi connectivity index (χ4v) is 4.80. The van der Waals surface area contributed by atoms with Crippen LogP contribution >= 0.6 is 0 Å². The molecule has 4 rings (SSSR count). The molecule has 5 heteroatoms. The van der Waals surface area contributed by atoms with E-state index in [2.05, 4.69) is 29.0 Å². The summed E-state index contributed by atoms with van der Waals surface area (Å²) in [5, 5.41) is 4.41. The first-order valence-corrected chi connectivity index (χ1v) is 10.3. The van der Waals surface area contributed by atoms with Crippen LogP contribution < -0.4 is 5.32 Å². The summed E-state index contributed by atoms with van der Waals surface area (Å²) in [4.78, 5) is 18.9. The highest BCUT2D eigenvalue weighted by atomic mass is 16.5. The summed E-state index contributed by atoms with van der Waals surface area (Å²) >= 11 is 0. The normalized spacial score (nSPS) is 20.7. The second-order valence-electron chi connectivity index (χ2n) is 8.20. The Kier molecular flexibility index (Phi) is 5.24. The molecule has 2 heterocycles. The van der Waals surface area contributed by atoms with Crippen molar-refractivity contribution in [1.29, 1.82) is 0 Å². The first-order valence-electron chi connectivity index (χ1n) is 10.3. The number of carbonyl (C=O) groups excluding carboxylic acids is 1. The Labute approximate surface area is 161 Å². The predicted molar refractivity (Wildman–Crippen MR) is 108 cm³/mol. The van der Waals surface area contributed by atoms with Crippen molar-refractivity contribution in [3.63, 3.8) is 0 Å². The Morgan fingerprint density at radius 3 is 2.67 bits per heavy atom. The second kappa shape index (κ2) is 7.64. The SMILES string of the molecule is Cc1[nH]c2ccc(C(=O)NCC3(N4CCOCC4)CCCCC3)cc2c1C. The van der Waals surface area contributed by atoms with Gasteiger partial charge in [-0.05, 0) is 50.5 Å². The molecule has 2 N–H and O–H groups in total. The minimum Gasteiger partial charge on any atom is -0.379 e. The number of fused-ring (bicyclic) bond motifs is 1. The maximum absolute atomic E-state index is 12.9. The van der Waals surface area contributed by atoms with Crippen molar-refractivity contribution in [3.8, 4) is 0 Å². The summed E-state index contributed by atoms with van der Waals surface area (Å²) in [6.45, 7) is 8.47. The molecule has 27 heavy (non-hydrogen) atoms. The number of nitrogens with one attached hydrogen (secondary N) is 2. The summed E-state index contributed by atoms with van der Waals surface area (Å²) in [7, 11) is 0. The van der Waals surface area contributed by atoms with Gasteiger partial charge in [0.2, 0.25) is 0 Å². The molecule has 1 saturated carbocycles. The van der Waals surface area contributed by atoms with Crippen molar-refractivity contribution in [2.24, 2.45) is 0 Å². The van der Waals surface area contributed by atoms with E-state index < -0.39 is 0 Å². The molecular formula is C22H31N3O2. The molecule has 2 aromatic rings. The van der Waals surface area contributed by atoms with E-state index in [-0.39, 0.29) is 11.4 Å². The van der Waals surface area contributed by atoms with Crippen molar-refractivity contribution >= 4 is 16.8 Å². The molecule has 0 unspecified atom stereocenters. The van der Waals surface area contributed by atoms with E-state index in [1.54, 1.807) is 0 Å². The summed E-state index contributed by atoms with van der Waals surface area (Å²) < 4.78 is 5.55. The van der Waals surface area contributed by atoms with Crippen LogP contribution in [0.4, 0.5) is 0 Å². The number of hydrogen-bond acceptors (Lipinski definition) is 3. The maximum Gasteiger partial charge on any atom is 0.251 e. The molecule has 1 aromatic carbocycles. The monoisotopic (exact) mass is 369 g/mol. The van der Waals surface area contributed by atoms with Crippen molar-refractivity contribution in [2.45, 2.75) is 51.5 Å². The highest BCUT2D eigenvalue weighted by Gasteiger charge is 2.38. The highest BCUT2D eigenvalue weighted by molar-refractivity contribution is 5.99. The van der Waals surface area contributed by atoms with Gasteiger partial charge in [-0.1, -0.05) is 19.3 Å². The van der Waals surface area contributed by atoms with Gasteiger partial charge in [0.25, 0.3) is 5.91 Å². The van der Waals surface area contributed by atoms with Gasteiger partial charge in [-0.15, -0.1) is 0 Å². The van der Waals surface area contributed by atoms with Crippen LogP contribution in [0.1, 0.15) is 53.7 Å². The largest absolute Gasteiger partial charge is 0.379 e. The summed E-state index contributed by atoms with van der Waals surface area (Å²) in [6, 6.07) is 5.96. The van der Waals surface area contributed by atoms with Crippen molar-refractivity contribution in [1.82, 2.24) is 15.2 Å². The van der Waals surface area contributed by atoms with Gasteiger partial charge < -0.3 is 15.0 Å². The molecule has 0 radical (unpaired) electrons. The Balaban J connectivity index is 1.50. The zero-order chi connectivity index (χ0) is 18.9. The van der Waals surface area contributed by atoms with Gasteiger partial charge in [-0.3, -0.25) is 9.69 Å². The Bertz CT molecular complexity index is 814. The third-order valence-electron chi connectivity index (χ3n) is 6.61. The molecule has 1 amide bonds. The van der Waals surface area contributed by atoms with Crippen LogP contribution in [0.25, 0.3) is 10.9 Å². The number of rotatable bonds is 4. The highest BCUT2D eigenvalue weighted by Crippen LogP contribution is 2.34. The van der Waals surface area contributed by atoms with E-state index in [0.29, 0.717) is 0 Å². The van der Waals surface area contributed by atoms with Gasteiger partial charge in [-0.2, -0.15) is 0 Å². The lowest BCUT2D eigenvalue weighted by atomic mass is 9.79. The topological polar surface area (TPSA) is 57.4 Å². The molecule has 0 bridgehead atoms. The lowest BCUT2D eigenvalue weighted by molar-refractivity contribution is -0.0361. The average molecular weight is 370 g/mol. The van der Waals surface area contributed by atoms with Crippen LogP contribution in [0.3, 0.4) is 0 Å². The van der Waals surface area contributed by atoms with Gasteiger partial charge in [-0.25, -0.2) is 0 Å². The van der Waals surface area contributed by atoms with Crippen molar-refractivity contribution in [3.05, 3.63) is 35.0 Å². The summed E-state index contributed by atoms with van der Waals surface area (Å²) in [5.41, 5.74) is 4.33. The maximum atomic E-state index is 12.9. The van der Waals surface area contributed by atoms with E-state index in [1.165, 1.54) is 37.7 Å². The van der Waals surface area contributed by atoms with Gasteiger partial charge in [0.15, 0.2) is 0 Å². The molecule has 0 atom stereocenters. The minimum absolute atomic E-state index is 0.0355. The number of aromatic amines is 1. The zero-order valence-electron chi connectivity index (χ0n) is 16.6. The average Bonchev–Trinajstić information content (AvgIpc) is 3.01. The molecule has 1 aromatic heterocycles. The predicted octanol–water partition coefficient (Wildman–Crippen LogP) is 3.55. The van der Waals surface area contributed by atoms with Crippen LogP contribution in [0.15, 0.2) is 18.2 Å². The van der Waals surface area contributed by atoms with Crippen molar-refractivity contribution in [2.75, 3.05) is 32.8 Å². The van der Waals surface area contributed by atoms with E-state index in [9.17, 15) is 4.79 Å². The number of nitrogens with zero attached hydrogens (tertiary/aromatic N) is 1. The van der Waals surface area contributed by atoms with Crippen LogP contribution in [0.5, 0.6) is 0 Å². The van der Waals surface area contributed by atoms with E-state index in [4.69, 9.17) is 4.74 Å². The third-order valence-corrected chi connectivity index (χ3v) is 6.61. The van der Waals surface area contributed by atoms with Gasteiger partial charge in [0, 0.05) is 47.3 Å². The van der Waals surface area contributed by atoms with Gasteiger partial charge in [0.05, 0.1) is 13.2 Å². The van der Waals surface area contributed by atoms with Crippen LogP contribution in [0.2, 0.25) is 0 Å². The Morgan fingerprint density at radius 1 is 1.19 bits per heavy atom. The number of ether oxygens (including phenoxy) is 1. The molecular weight excluding hydrogens is 338 g/mol. The number of carbonyl (C=O) groups is 1. The first kappa shape index (κ1) is 18.5. The van der Waals surface area contributed by atoms with Crippen LogP contribution in [-0.2, 0) is 4.74 Å². The standard InChI is InChI=1S/C22H31N3O2/c1-16-17(2)24-20-7-6-18(14-19(16)20)21(26)23-15-22(8-4-3-5-9-22)25-10-12-27-13-11-25/h6-7,14,24H,3-5,8-13,15H2,1-2H3,(H,23,26). The minimum atomic E-state index is 0.0355. The van der Waals surface area contributed by atoms with Gasteiger partial charge >= 0.3 is 0 Å². The Morgan fingerprint density at radius 2 is 1.93 bits per heavy atom. The number of morpholine rings is 1. The molecule has 146 valence electrons. The van der Waals surface area contributed by atoms with E-state index in [0.717, 1.165) is 55.0 Å². The number of amides is 1. The summed E-state index contributed by atoms with van der Waals surface area (Å²) in [5.74, 6) is 0.0355. The summed E-state index contributed by atoms with van der Waals surface area (Å²) in [6.07, 6.45) is 6.15. The Hall–Kier alpha value is -1.85. The van der Waals surface area contributed by atoms with Crippen LogP contribution in [-0.4, -0.2) is 54.2 Å². The van der Waals surface area contributed by atoms with E-state index in [1.807, 2.05) is 18.2 Å². The van der Waals surface area contributed by atoms with E-state index >= 15 is 0 Å². The zero-order valence-corrected chi connectivity index (χ0v) is 16.6. The van der Waals surface area contributed by atoms with Crippen molar-refractivity contribution < 1.29 is 9.53 Å². The molecule has 0 spiro atoms. The molecule has 5 nitrogen and oxygen atoms in total. The fraction of sp³-hybridized carbons (Fsp3) is 0.591. The molecule has 2 fully saturated rings. The first-order chi connectivity index (χ1) is 13.1. The quantitative estimate of drug-likeness (QED) is 0.866. The molecule has 1 aliphatic carbocycles. The van der Waals surface area contributed by atoms with Crippen LogP contribution in [0, 0.1) is 13.8 Å². The molecule has 2 aliphatic rings. The van der Waals surface area contributed by atoms with Gasteiger partial charge in [0.1, 0.15) is 0 Å². The third kappa shape index (κ3) is 3.63. The lowest BCUT2D eigenvalue weighted by Crippen LogP contribution is -2.59. The number of aryl methyl sites for hydroxylation is 2.